The number of rotatable bonds is 5. The van der Waals surface area contributed by atoms with Crippen LogP contribution in [0.5, 0.6) is 0 Å². The third-order valence-electron chi connectivity index (χ3n) is 2.88. The predicted octanol–water partition coefficient (Wildman–Crippen LogP) is 4.74. The number of hydrogen-bond acceptors (Lipinski definition) is 5. The van der Waals surface area contributed by atoms with E-state index in [1.54, 1.807) is 29.4 Å². The number of thiazole rings is 1. The molecule has 0 saturated carbocycles. The van der Waals surface area contributed by atoms with E-state index in [0.29, 0.717) is 6.54 Å². The molecule has 0 unspecified atom stereocenters. The van der Waals surface area contributed by atoms with Gasteiger partial charge in [-0.2, -0.15) is 0 Å². The molecule has 0 aliphatic rings. The summed E-state index contributed by atoms with van der Waals surface area (Å²) in [5, 5.41) is 6.25. The lowest BCUT2D eigenvalue weighted by Gasteiger charge is -2.00. The lowest BCUT2D eigenvalue weighted by atomic mass is 10.2. The molecule has 0 atom stereocenters. The van der Waals surface area contributed by atoms with Gasteiger partial charge in [-0.15, -0.1) is 23.1 Å². The van der Waals surface area contributed by atoms with E-state index >= 15 is 0 Å². The zero-order valence-corrected chi connectivity index (χ0v) is 12.6. The van der Waals surface area contributed by atoms with Gasteiger partial charge >= 0.3 is 0 Å². The number of nitrogens with one attached hydrogen (secondary N) is 1. The molecule has 0 aliphatic carbocycles. The minimum Gasteiger partial charge on any atom is -0.467 e. The van der Waals surface area contributed by atoms with Crippen molar-refractivity contribution in [1.82, 2.24) is 4.98 Å². The largest absolute Gasteiger partial charge is 0.467 e. The van der Waals surface area contributed by atoms with Crippen LogP contribution in [-0.2, 0) is 6.54 Å². The van der Waals surface area contributed by atoms with Crippen LogP contribution in [0.1, 0.15) is 5.76 Å². The fraction of sp³-hybridized carbons (Fsp3) is 0.133. The van der Waals surface area contributed by atoms with Crippen LogP contribution in [0.25, 0.3) is 11.3 Å². The Morgan fingerprint density at radius 3 is 2.80 bits per heavy atom. The van der Waals surface area contributed by atoms with Crippen molar-refractivity contribution in [2.75, 3.05) is 11.6 Å². The Kier molecular flexibility index (Phi) is 4.08. The Morgan fingerprint density at radius 2 is 2.10 bits per heavy atom. The Hall–Kier alpha value is -1.72. The molecule has 0 radical (unpaired) electrons. The summed E-state index contributed by atoms with van der Waals surface area (Å²) in [6.45, 7) is 0.658. The molecule has 0 spiro atoms. The smallest absolute Gasteiger partial charge is 0.183 e. The monoisotopic (exact) mass is 302 g/mol. The van der Waals surface area contributed by atoms with E-state index < -0.39 is 0 Å². The number of nitrogens with zero attached hydrogens (tertiary/aromatic N) is 1. The van der Waals surface area contributed by atoms with E-state index in [1.165, 1.54) is 4.90 Å². The van der Waals surface area contributed by atoms with Crippen LogP contribution in [0.3, 0.4) is 0 Å². The van der Waals surface area contributed by atoms with Crippen LogP contribution in [0.2, 0.25) is 0 Å². The average molecular weight is 302 g/mol. The summed E-state index contributed by atoms with van der Waals surface area (Å²) < 4.78 is 5.28. The molecule has 0 amide bonds. The van der Waals surface area contributed by atoms with Crippen molar-refractivity contribution in [2.45, 2.75) is 11.4 Å². The highest BCUT2D eigenvalue weighted by Gasteiger charge is 2.05. The molecule has 0 saturated heterocycles. The van der Waals surface area contributed by atoms with Gasteiger partial charge in [0.15, 0.2) is 5.13 Å². The van der Waals surface area contributed by atoms with Gasteiger partial charge in [0.1, 0.15) is 5.76 Å². The number of furan rings is 1. The quantitative estimate of drug-likeness (QED) is 0.691. The molecule has 3 aromatic rings. The number of aromatic nitrogens is 1. The molecular weight excluding hydrogens is 288 g/mol. The van der Waals surface area contributed by atoms with Gasteiger partial charge in [-0.1, -0.05) is 12.1 Å². The van der Waals surface area contributed by atoms with Crippen LogP contribution in [0.4, 0.5) is 5.13 Å². The van der Waals surface area contributed by atoms with Gasteiger partial charge < -0.3 is 9.73 Å². The van der Waals surface area contributed by atoms with Crippen molar-refractivity contribution in [1.29, 1.82) is 0 Å². The highest BCUT2D eigenvalue weighted by Crippen LogP contribution is 2.26. The zero-order valence-electron chi connectivity index (χ0n) is 11.0. The molecule has 3 nitrogen and oxygen atoms in total. The Labute approximate surface area is 126 Å². The Balaban J connectivity index is 1.69. The molecule has 0 bridgehead atoms. The van der Waals surface area contributed by atoms with Crippen LogP contribution in [-0.4, -0.2) is 11.2 Å². The second-order valence-electron chi connectivity index (χ2n) is 4.20. The van der Waals surface area contributed by atoms with Gasteiger partial charge in [0, 0.05) is 15.8 Å². The molecule has 2 aromatic heterocycles. The van der Waals surface area contributed by atoms with Crippen molar-refractivity contribution >= 4 is 28.2 Å². The van der Waals surface area contributed by atoms with Crippen LogP contribution < -0.4 is 5.32 Å². The minimum atomic E-state index is 0.658. The highest BCUT2D eigenvalue weighted by atomic mass is 32.2. The number of benzene rings is 1. The standard InChI is InChI=1S/C15H14N2OS2/c1-19-13-6-4-11(5-7-13)14-10-20-15(17-14)16-9-12-3-2-8-18-12/h2-8,10H,9H2,1H3,(H,16,17). The van der Waals surface area contributed by atoms with E-state index in [9.17, 15) is 0 Å². The van der Waals surface area contributed by atoms with Gasteiger partial charge in [0.2, 0.25) is 0 Å². The number of hydrogen-bond donors (Lipinski definition) is 1. The maximum absolute atomic E-state index is 5.28. The first kappa shape index (κ1) is 13.3. The van der Waals surface area contributed by atoms with Crippen molar-refractivity contribution in [3.63, 3.8) is 0 Å². The van der Waals surface area contributed by atoms with Crippen LogP contribution in [0.15, 0.2) is 57.4 Å². The van der Waals surface area contributed by atoms with E-state index in [-0.39, 0.29) is 0 Å². The summed E-state index contributed by atoms with van der Waals surface area (Å²) >= 11 is 3.35. The first-order valence-electron chi connectivity index (χ1n) is 6.21. The Morgan fingerprint density at radius 1 is 1.25 bits per heavy atom. The minimum absolute atomic E-state index is 0.658. The first-order valence-corrected chi connectivity index (χ1v) is 8.32. The van der Waals surface area contributed by atoms with Crippen molar-refractivity contribution in [3.8, 4) is 11.3 Å². The molecule has 1 N–H and O–H groups in total. The van der Waals surface area contributed by atoms with Gasteiger partial charge in [-0.25, -0.2) is 4.98 Å². The normalized spacial score (nSPS) is 10.7. The molecule has 1 aromatic carbocycles. The molecule has 102 valence electrons. The van der Waals surface area contributed by atoms with Gasteiger partial charge in [0.25, 0.3) is 0 Å². The van der Waals surface area contributed by atoms with E-state index in [4.69, 9.17) is 4.42 Å². The lowest BCUT2D eigenvalue weighted by molar-refractivity contribution is 0.518. The maximum atomic E-state index is 5.28. The maximum Gasteiger partial charge on any atom is 0.183 e. The summed E-state index contributed by atoms with van der Waals surface area (Å²) in [7, 11) is 0. The van der Waals surface area contributed by atoms with Crippen molar-refractivity contribution in [2.24, 2.45) is 0 Å². The lowest BCUT2D eigenvalue weighted by Crippen LogP contribution is -1.97. The summed E-state index contributed by atoms with van der Waals surface area (Å²) in [4.78, 5) is 5.86. The van der Waals surface area contributed by atoms with E-state index in [2.05, 4.69) is 46.2 Å². The van der Waals surface area contributed by atoms with Gasteiger partial charge in [-0.05, 0) is 30.5 Å². The first-order chi connectivity index (χ1) is 9.85. The number of anilines is 1. The van der Waals surface area contributed by atoms with Gasteiger partial charge in [0.05, 0.1) is 18.5 Å². The SMILES string of the molecule is CSc1ccc(-c2csc(NCc3ccco3)n2)cc1. The third kappa shape index (κ3) is 3.05. The zero-order chi connectivity index (χ0) is 13.8. The molecule has 0 fully saturated rings. The van der Waals surface area contributed by atoms with Crippen LogP contribution >= 0.6 is 23.1 Å². The molecule has 20 heavy (non-hydrogen) atoms. The molecule has 3 rings (SSSR count). The van der Waals surface area contributed by atoms with Crippen molar-refractivity contribution in [3.05, 3.63) is 53.8 Å². The topological polar surface area (TPSA) is 38.1 Å². The van der Waals surface area contributed by atoms with Gasteiger partial charge in [-0.3, -0.25) is 0 Å². The fourth-order valence-electron chi connectivity index (χ4n) is 1.83. The number of thioether (sulfide) groups is 1. The third-order valence-corrected chi connectivity index (χ3v) is 4.43. The second-order valence-corrected chi connectivity index (χ2v) is 5.94. The second kappa shape index (κ2) is 6.15. The fourth-order valence-corrected chi connectivity index (χ4v) is 2.95. The van der Waals surface area contributed by atoms with Crippen molar-refractivity contribution < 1.29 is 4.42 Å². The average Bonchev–Trinajstić information content (AvgIpc) is 3.17. The van der Waals surface area contributed by atoms with E-state index in [1.807, 2.05) is 12.1 Å². The highest BCUT2D eigenvalue weighted by molar-refractivity contribution is 7.98. The molecule has 2 heterocycles. The molecular formula is C15H14N2OS2. The van der Waals surface area contributed by atoms with Crippen LogP contribution in [0, 0.1) is 0 Å². The molecule has 0 aliphatic heterocycles. The molecule has 5 heteroatoms. The summed E-state index contributed by atoms with van der Waals surface area (Å²) in [6, 6.07) is 12.3. The summed E-state index contributed by atoms with van der Waals surface area (Å²) in [5.74, 6) is 0.908. The summed E-state index contributed by atoms with van der Waals surface area (Å²) in [5.41, 5.74) is 2.15. The van der Waals surface area contributed by atoms with E-state index in [0.717, 1.165) is 22.1 Å². The summed E-state index contributed by atoms with van der Waals surface area (Å²) in [6.07, 6.45) is 3.76. The Bertz CT molecular complexity index is 660. The predicted molar refractivity (Wildman–Crippen MR) is 85.4 cm³/mol.